The Bertz CT molecular complexity index is 754. The van der Waals surface area contributed by atoms with Gasteiger partial charge < -0.3 is 19.9 Å². The second kappa shape index (κ2) is 7.69. The maximum atomic E-state index is 12.6. The third-order valence-electron chi connectivity index (χ3n) is 5.55. The lowest BCUT2D eigenvalue weighted by molar-refractivity contribution is -0.125. The molecule has 0 atom stereocenters. The van der Waals surface area contributed by atoms with E-state index < -0.39 is 0 Å². The van der Waals surface area contributed by atoms with E-state index in [9.17, 15) is 14.4 Å². The van der Waals surface area contributed by atoms with Crippen LogP contribution in [-0.2, 0) is 4.79 Å². The van der Waals surface area contributed by atoms with Gasteiger partial charge in [-0.05, 0) is 56.9 Å². The van der Waals surface area contributed by atoms with Crippen molar-refractivity contribution in [2.45, 2.75) is 44.7 Å². The summed E-state index contributed by atoms with van der Waals surface area (Å²) in [5.41, 5.74) is 0.718. The van der Waals surface area contributed by atoms with Gasteiger partial charge in [0, 0.05) is 30.9 Å². The molecule has 4 rings (SSSR count). The number of carbonyl (C=O) groups excluding carboxylic acids is 3. The summed E-state index contributed by atoms with van der Waals surface area (Å²) in [5, 5.41) is 2.90. The highest BCUT2D eigenvalue weighted by molar-refractivity contribution is 6.02. The van der Waals surface area contributed by atoms with E-state index in [1.54, 1.807) is 9.80 Å². The first kappa shape index (κ1) is 18.6. The number of nitrogens with one attached hydrogen (secondary N) is 1. The number of ether oxygens (including phenoxy) is 1. The van der Waals surface area contributed by atoms with Crippen molar-refractivity contribution in [3.63, 3.8) is 0 Å². The lowest BCUT2D eigenvalue weighted by Gasteiger charge is -2.36. The van der Waals surface area contributed by atoms with Crippen LogP contribution in [0.3, 0.4) is 0 Å². The molecule has 0 unspecified atom stereocenters. The standard InChI is InChI=1S/C20H26N4O4/c1-2-28-17-7-3-14(4-8-17)21-19(26)22-11-9-15(10-12-22)23-13-18(25)24(20(23)27)16-5-6-16/h3-4,7-8,15-16H,2,5-6,9-13H2,1H3,(H,21,26). The quantitative estimate of drug-likeness (QED) is 0.789. The zero-order valence-electron chi connectivity index (χ0n) is 16.1. The molecule has 0 aromatic heterocycles. The Morgan fingerprint density at radius 3 is 2.36 bits per heavy atom. The predicted molar refractivity (Wildman–Crippen MR) is 103 cm³/mol. The highest BCUT2D eigenvalue weighted by Gasteiger charge is 2.47. The summed E-state index contributed by atoms with van der Waals surface area (Å²) in [6.45, 7) is 3.83. The molecule has 1 N–H and O–H groups in total. The maximum Gasteiger partial charge on any atom is 0.327 e. The Morgan fingerprint density at radius 2 is 1.75 bits per heavy atom. The molecule has 2 saturated heterocycles. The fourth-order valence-electron chi connectivity index (χ4n) is 3.90. The molecule has 5 amide bonds. The molecule has 150 valence electrons. The minimum absolute atomic E-state index is 0.0229. The van der Waals surface area contributed by atoms with Crippen LogP contribution in [0.4, 0.5) is 15.3 Å². The third-order valence-corrected chi connectivity index (χ3v) is 5.55. The topological polar surface area (TPSA) is 82.2 Å². The molecule has 2 heterocycles. The van der Waals surface area contributed by atoms with Crippen molar-refractivity contribution in [3.8, 4) is 5.75 Å². The van der Waals surface area contributed by atoms with Crippen molar-refractivity contribution in [3.05, 3.63) is 24.3 Å². The number of carbonyl (C=O) groups is 3. The highest BCUT2D eigenvalue weighted by atomic mass is 16.5. The van der Waals surface area contributed by atoms with E-state index in [2.05, 4.69) is 5.32 Å². The molecule has 28 heavy (non-hydrogen) atoms. The van der Waals surface area contributed by atoms with Gasteiger partial charge in [-0.2, -0.15) is 0 Å². The zero-order chi connectivity index (χ0) is 19.7. The van der Waals surface area contributed by atoms with Gasteiger partial charge in [0.1, 0.15) is 12.3 Å². The van der Waals surface area contributed by atoms with Gasteiger partial charge in [-0.15, -0.1) is 0 Å². The van der Waals surface area contributed by atoms with Gasteiger partial charge in [-0.25, -0.2) is 9.59 Å². The molecule has 8 nitrogen and oxygen atoms in total. The number of nitrogens with zero attached hydrogens (tertiary/aromatic N) is 3. The number of imide groups is 1. The van der Waals surface area contributed by atoms with E-state index in [0.29, 0.717) is 32.5 Å². The summed E-state index contributed by atoms with van der Waals surface area (Å²) in [5.74, 6) is 0.689. The Balaban J connectivity index is 1.28. The van der Waals surface area contributed by atoms with Crippen LogP contribution in [0, 0.1) is 0 Å². The minimum atomic E-state index is -0.148. The largest absolute Gasteiger partial charge is 0.494 e. The summed E-state index contributed by atoms with van der Waals surface area (Å²) >= 11 is 0. The minimum Gasteiger partial charge on any atom is -0.494 e. The van der Waals surface area contributed by atoms with Crippen molar-refractivity contribution >= 4 is 23.7 Å². The number of urea groups is 2. The van der Waals surface area contributed by atoms with Crippen LogP contribution in [0.2, 0.25) is 0 Å². The molecular weight excluding hydrogens is 360 g/mol. The van der Waals surface area contributed by atoms with E-state index >= 15 is 0 Å². The third kappa shape index (κ3) is 3.76. The number of hydrogen-bond acceptors (Lipinski definition) is 4. The summed E-state index contributed by atoms with van der Waals surface area (Å²) in [4.78, 5) is 42.1. The van der Waals surface area contributed by atoms with E-state index in [-0.39, 0.29) is 36.6 Å². The first-order valence-electron chi connectivity index (χ1n) is 9.98. The van der Waals surface area contributed by atoms with Gasteiger partial charge in [0.2, 0.25) is 0 Å². The molecule has 1 saturated carbocycles. The van der Waals surface area contributed by atoms with Crippen LogP contribution in [-0.4, -0.2) is 71.0 Å². The summed E-state index contributed by atoms with van der Waals surface area (Å²) in [6.07, 6.45) is 3.23. The lowest BCUT2D eigenvalue weighted by atomic mass is 10.0. The van der Waals surface area contributed by atoms with Crippen molar-refractivity contribution in [2.75, 3.05) is 31.6 Å². The number of likely N-dealkylation sites (tertiary alicyclic amines) is 1. The van der Waals surface area contributed by atoms with Gasteiger partial charge >= 0.3 is 12.1 Å². The van der Waals surface area contributed by atoms with Crippen LogP contribution >= 0.6 is 0 Å². The molecule has 0 spiro atoms. The van der Waals surface area contributed by atoms with Gasteiger partial charge in [0.25, 0.3) is 5.91 Å². The van der Waals surface area contributed by atoms with Crippen molar-refractivity contribution < 1.29 is 19.1 Å². The molecule has 2 aliphatic heterocycles. The molecular formula is C20H26N4O4. The number of anilines is 1. The first-order chi connectivity index (χ1) is 13.6. The fraction of sp³-hybridized carbons (Fsp3) is 0.550. The fourth-order valence-corrected chi connectivity index (χ4v) is 3.90. The van der Waals surface area contributed by atoms with Crippen molar-refractivity contribution in [2.24, 2.45) is 0 Å². The highest BCUT2D eigenvalue weighted by Crippen LogP contribution is 2.32. The van der Waals surface area contributed by atoms with E-state index in [1.807, 2.05) is 31.2 Å². The van der Waals surface area contributed by atoms with Crippen LogP contribution in [0.15, 0.2) is 24.3 Å². The van der Waals surface area contributed by atoms with E-state index in [1.165, 1.54) is 4.90 Å². The number of amides is 5. The first-order valence-corrected chi connectivity index (χ1v) is 9.98. The van der Waals surface area contributed by atoms with Gasteiger partial charge in [0.05, 0.1) is 6.61 Å². The molecule has 3 fully saturated rings. The normalized spacial score (nSPS) is 20.7. The van der Waals surface area contributed by atoms with E-state index in [0.717, 1.165) is 24.3 Å². The average molecular weight is 386 g/mol. The molecule has 1 aromatic carbocycles. The second-order valence-corrected chi connectivity index (χ2v) is 7.51. The summed E-state index contributed by atoms with van der Waals surface area (Å²) < 4.78 is 5.40. The lowest BCUT2D eigenvalue weighted by Crippen LogP contribution is -2.49. The average Bonchev–Trinajstić information content (AvgIpc) is 3.48. The molecule has 0 radical (unpaired) electrons. The second-order valence-electron chi connectivity index (χ2n) is 7.51. The van der Waals surface area contributed by atoms with Crippen LogP contribution < -0.4 is 10.1 Å². The van der Waals surface area contributed by atoms with Crippen LogP contribution in [0.5, 0.6) is 5.75 Å². The molecule has 1 aromatic rings. The van der Waals surface area contributed by atoms with Crippen molar-refractivity contribution in [1.29, 1.82) is 0 Å². The molecule has 1 aliphatic carbocycles. The van der Waals surface area contributed by atoms with Crippen molar-refractivity contribution in [1.82, 2.24) is 14.7 Å². The summed E-state index contributed by atoms with van der Waals surface area (Å²) in [6, 6.07) is 7.13. The Labute approximate surface area is 164 Å². The molecule has 3 aliphatic rings. The van der Waals surface area contributed by atoms with Crippen LogP contribution in [0.25, 0.3) is 0 Å². The zero-order valence-corrected chi connectivity index (χ0v) is 16.1. The monoisotopic (exact) mass is 386 g/mol. The Kier molecular flexibility index (Phi) is 5.11. The van der Waals surface area contributed by atoms with Gasteiger partial charge in [0.15, 0.2) is 0 Å². The SMILES string of the molecule is CCOc1ccc(NC(=O)N2CCC(N3CC(=O)N(C4CC4)C3=O)CC2)cc1. The Hall–Kier alpha value is -2.77. The van der Waals surface area contributed by atoms with Crippen LogP contribution in [0.1, 0.15) is 32.6 Å². The van der Waals surface area contributed by atoms with Gasteiger partial charge in [-0.1, -0.05) is 0 Å². The van der Waals surface area contributed by atoms with E-state index in [4.69, 9.17) is 4.74 Å². The summed E-state index contributed by atoms with van der Waals surface area (Å²) in [7, 11) is 0. The predicted octanol–water partition coefficient (Wildman–Crippen LogP) is 2.51. The number of rotatable bonds is 5. The number of hydrogen-bond donors (Lipinski definition) is 1. The molecule has 8 heteroatoms. The number of benzene rings is 1. The Morgan fingerprint density at radius 1 is 1.07 bits per heavy atom. The maximum absolute atomic E-state index is 12.6. The molecule has 0 bridgehead atoms. The smallest absolute Gasteiger partial charge is 0.327 e. The van der Waals surface area contributed by atoms with Gasteiger partial charge in [-0.3, -0.25) is 9.69 Å². The number of piperidine rings is 1.